The molecule has 0 spiro atoms. The molecule has 1 N–H and O–H groups in total. The number of benzene rings is 1. The fourth-order valence-corrected chi connectivity index (χ4v) is 2.81. The Balaban J connectivity index is 1.88. The van der Waals surface area contributed by atoms with Crippen molar-refractivity contribution in [1.29, 1.82) is 0 Å². The van der Waals surface area contributed by atoms with Crippen LogP contribution in [0.15, 0.2) is 24.3 Å². The van der Waals surface area contributed by atoms with E-state index in [1.165, 1.54) is 6.42 Å². The Hall–Kier alpha value is -2.04. The van der Waals surface area contributed by atoms with Crippen LogP contribution < -0.4 is 5.32 Å². The fourth-order valence-electron chi connectivity index (χ4n) is 2.81. The molecular formula is C19H28N2O3. The Morgan fingerprint density at radius 3 is 2.50 bits per heavy atom. The minimum atomic E-state index is -0.508. The number of nitrogens with zero attached hydrogens (tertiary/aromatic N) is 1. The normalized spacial score (nSPS) is 18.2. The topological polar surface area (TPSA) is 58.6 Å². The lowest BCUT2D eigenvalue weighted by molar-refractivity contribution is 0.0523. The van der Waals surface area contributed by atoms with Crippen LogP contribution in [0.2, 0.25) is 0 Å². The standard InChI is InChI=1S/C19H28N2O3/c1-14-6-5-11-21(13-14)17(22)16-9-7-15(8-10-16)12-20-18(23)24-19(2,3)4/h7-10,14H,5-6,11-13H2,1-4H3,(H,20,23)/t14-/m1/s1. The summed E-state index contributed by atoms with van der Waals surface area (Å²) in [7, 11) is 0. The third-order valence-electron chi connectivity index (χ3n) is 3.98. The molecule has 1 atom stereocenters. The van der Waals surface area contributed by atoms with Gasteiger partial charge in [-0.25, -0.2) is 4.79 Å². The first-order valence-corrected chi connectivity index (χ1v) is 8.59. The summed E-state index contributed by atoms with van der Waals surface area (Å²) in [5.41, 5.74) is 1.13. The predicted octanol–water partition coefficient (Wildman–Crippen LogP) is 3.58. The van der Waals surface area contributed by atoms with Crippen LogP contribution in [0.4, 0.5) is 4.79 Å². The van der Waals surface area contributed by atoms with Crippen LogP contribution in [0.3, 0.4) is 0 Å². The van der Waals surface area contributed by atoms with Gasteiger partial charge in [-0.1, -0.05) is 19.1 Å². The van der Waals surface area contributed by atoms with E-state index in [2.05, 4.69) is 12.2 Å². The quantitative estimate of drug-likeness (QED) is 0.920. The van der Waals surface area contributed by atoms with Gasteiger partial charge in [0.1, 0.15) is 5.60 Å². The first-order valence-electron chi connectivity index (χ1n) is 8.59. The molecule has 1 aromatic rings. The van der Waals surface area contributed by atoms with Crippen molar-refractivity contribution in [1.82, 2.24) is 10.2 Å². The summed E-state index contributed by atoms with van der Waals surface area (Å²) in [5, 5.41) is 2.72. The second kappa shape index (κ2) is 7.69. The lowest BCUT2D eigenvalue weighted by Crippen LogP contribution is -2.39. The van der Waals surface area contributed by atoms with Gasteiger partial charge in [-0.3, -0.25) is 4.79 Å². The van der Waals surface area contributed by atoms with E-state index in [4.69, 9.17) is 4.74 Å². The molecule has 0 aromatic heterocycles. The van der Waals surface area contributed by atoms with Crippen molar-refractivity contribution in [2.75, 3.05) is 13.1 Å². The van der Waals surface area contributed by atoms with Crippen molar-refractivity contribution in [2.24, 2.45) is 5.92 Å². The Kier molecular flexibility index (Phi) is 5.86. The summed E-state index contributed by atoms with van der Waals surface area (Å²) in [6.07, 6.45) is 1.83. The van der Waals surface area contributed by atoms with Gasteiger partial charge in [-0.05, 0) is 57.2 Å². The number of hydrogen-bond acceptors (Lipinski definition) is 3. The van der Waals surface area contributed by atoms with E-state index in [9.17, 15) is 9.59 Å². The Labute approximate surface area is 144 Å². The number of alkyl carbamates (subject to hydrolysis) is 1. The number of rotatable bonds is 3. The number of likely N-dealkylation sites (tertiary alicyclic amines) is 1. The molecule has 1 saturated heterocycles. The van der Waals surface area contributed by atoms with E-state index in [-0.39, 0.29) is 5.91 Å². The molecule has 5 heteroatoms. The molecule has 132 valence electrons. The van der Waals surface area contributed by atoms with Gasteiger partial charge in [0, 0.05) is 25.2 Å². The summed E-state index contributed by atoms with van der Waals surface area (Å²) >= 11 is 0. The molecule has 1 aliphatic rings. The van der Waals surface area contributed by atoms with Gasteiger partial charge in [0.05, 0.1) is 0 Å². The van der Waals surface area contributed by atoms with Crippen molar-refractivity contribution in [2.45, 2.75) is 52.7 Å². The number of nitrogens with one attached hydrogen (secondary N) is 1. The SMILES string of the molecule is C[C@@H]1CCCN(C(=O)c2ccc(CNC(=O)OC(C)(C)C)cc2)C1. The maximum Gasteiger partial charge on any atom is 0.407 e. The first kappa shape index (κ1) is 18.3. The Morgan fingerprint density at radius 1 is 1.25 bits per heavy atom. The van der Waals surface area contributed by atoms with E-state index in [1.54, 1.807) is 0 Å². The summed E-state index contributed by atoms with van der Waals surface area (Å²) < 4.78 is 5.20. The van der Waals surface area contributed by atoms with Gasteiger partial charge in [0.2, 0.25) is 0 Å². The molecule has 0 radical (unpaired) electrons. The first-order chi connectivity index (χ1) is 11.2. The van der Waals surface area contributed by atoms with Crippen molar-refractivity contribution in [3.05, 3.63) is 35.4 Å². The zero-order valence-corrected chi connectivity index (χ0v) is 15.1. The van der Waals surface area contributed by atoms with Crippen molar-refractivity contribution in [3.63, 3.8) is 0 Å². The van der Waals surface area contributed by atoms with Gasteiger partial charge in [0.15, 0.2) is 0 Å². The second-order valence-electron chi connectivity index (χ2n) is 7.55. The average molecular weight is 332 g/mol. The van der Waals surface area contributed by atoms with Crippen molar-refractivity contribution >= 4 is 12.0 Å². The predicted molar refractivity (Wildman–Crippen MR) is 93.8 cm³/mol. The lowest BCUT2D eigenvalue weighted by Gasteiger charge is -2.31. The van der Waals surface area contributed by atoms with Crippen LogP contribution in [0.1, 0.15) is 56.5 Å². The highest BCUT2D eigenvalue weighted by Crippen LogP contribution is 2.18. The monoisotopic (exact) mass is 332 g/mol. The zero-order valence-electron chi connectivity index (χ0n) is 15.1. The molecule has 1 aromatic carbocycles. The van der Waals surface area contributed by atoms with Crippen LogP contribution in [0.25, 0.3) is 0 Å². The summed E-state index contributed by atoms with van der Waals surface area (Å²) in [4.78, 5) is 26.1. The van der Waals surface area contributed by atoms with E-state index in [0.717, 1.165) is 25.1 Å². The number of ether oxygens (including phenoxy) is 1. The van der Waals surface area contributed by atoms with Gasteiger partial charge in [-0.15, -0.1) is 0 Å². The molecule has 2 amide bonds. The Morgan fingerprint density at radius 2 is 1.92 bits per heavy atom. The van der Waals surface area contributed by atoms with Gasteiger partial charge >= 0.3 is 6.09 Å². The molecule has 0 aliphatic carbocycles. The number of carbonyl (C=O) groups excluding carboxylic acids is 2. The number of amides is 2. The number of hydrogen-bond donors (Lipinski definition) is 1. The van der Waals surface area contributed by atoms with E-state index in [0.29, 0.717) is 18.0 Å². The van der Waals surface area contributed by atoms with Gasteiger partial charge in [-0.2, -0.15) is 0 Å². The highest BCUT2D eigenvalue weighted by Gasteiger charge is 2.22. The average Bonchev–Trinajstić information content (AvgIpc) is 2.51. The van der Waals surface area contributed by atoms with Crippen LogP contribution in [-0.2, 0) is 11.3 Å². The van der Waals surface area contributed by atoms with Crippen LogP contribution in [-0.4, -0.2) is 35.6 Å². The summed E-state index contributed by atoms with van der Waals surface area (Å²) in [5.74, 6) is 0.660. The summed E-state index contributed by atoms with van der Waals surface area (Å²) in [6.45, 7) is 9.72. The summed E-state index contributed by atoms with van der Waals surface area (Å²) in [6, 6.07) is 7.40. The highest BCUT2D eigenvalue weighted by atomic mass is 16.6. The molecule has 5 nitrogen and oxygen atoms in total. The van der Waals surface area contributed by atoms with Crippen LogP contribution in [0, 0.1) is 5.92 Å². The molecule has 1 fully saturated rings. The zero-order chi connectivity index (χ0) is 17.7. The molecule has 0 unspecified atom stereocenters. The van der Waals surface area contributed by atoms with Gasteiger partial charge < -0.3 is 15.0 Å². The minimum Gasteiger partial charge on any atom is -0.444 e. The van der Waals surface area contributed by atoms with Crippen LogP contribution >= 0.6 is 0 Å². The third-order valence-corrected chi connectivity index (χ3v) is 3.98. The van der Waals surface area contributed by atoms with Crippen LogP contribution in [0.5, 0.6) is 0 Å². The molecule has 24 heavy (non-hydrogen) atoms. The molecule has 0 bridgehead atoms. The third kappa shape index (κ3) is 5.55. The van der Waals surface area contributed by atoms with E-state index in [1.807, 2.05) is 49.9 Å². The van der Waals surface area contributed by atoms with E-state index >= 15 is 0 Å². The fraction of sp³-hybridized carbons (Fsp3) is 0.579. The smallest absolute Gasteiger partial charge is 0.407 e. The lowest BCUT2D eigenvalue weighted by atomic mass is 9.99. The molecule has 1 heterocycles. The van der Waals surface area contributed by atoms with Crippen molar-refractivity contribution < 1.29 is 14.3 Å². The highest BCUT2D eigenvalue weighted by molar-refractivity contribution is 5.94. The van der Waals surface area contributed by atoms with Crippen molar-refractivity contribution in [3.8, 4) is 0 Å². The maximum atomic E-state index is 12.5. The number of carbonyl (C=O) groups is 2. The maximum absolute atomic E-state index is 12.5. The minimum absolute atomic E-state index is 0.0909. The number of piperidine rings is 1. The molecule has 2 rings (SSSR count). The Bertz CT molecular complexity index is 575. The largest absolute Gasteiger partial charge is 0.444 e. The molecule has 0 saturated carbocycles. The second-order valence-corrected chi connectivity index (χ2v) is 7.55. The molecular weight excluding hydrogens is 304 g/mol. The molecule has 1 aliphatic heterocycles. The van der Waals surface area contributed by atoms with Gasteiger partial charge in [0.25, 0.3) is 5.91 Å². The van der Waals surface area contributed by atoms with E-state index < -0.39 is 11.7 Å².